The Hall–Kier alpha value is -2.62. The van der Waals surface area contributed by atoms with Crippen LogP contribution in [0.15, 0.2) is 23.1 Å². The summed E-state index contributed by atoms with van der Waals surface area (Å²) >= 11 is 1.25. The highest BCUT2D eigenvalue weighted by atomic mass is 32.1. The number of thiophene rings is 1. The number of nitrogens with zero attached hydrogens (tertiary/aromatic N) is 1. The Labute approximate surface area is 162 Å². The molecular formula is C18H18F3N3O3S. The molecule has 0 aromatic carbocycles. The third-order valence-corrected chi connectivity index (χ3v) is 5.77. The molecule has 10 heteroatoms. The average Bonchev–Trinajstić information content (AvgIpc) is 2.77. The number of nitrogens with one attached hydrogen (secondary N) is 1. The molecule has 1 aliphatic rings. The van der Waals surface area contributed by atoms with Crippen LogP contribution >= 0.6 is 11.3 Å². The fourth-order valence-corrected chi connectivity index (χ4v) is 4.60. The second kappa shape index (κ2) is 7.78. The van der Waals surface area contributed by atoms with E-state index in [4.69, 9.17) is 5.73 Å². The minimum absolute atomic E-state index is 0.256. The highest BCUT2D eigenvalue weighted by Gasteiger charge is 2.34. The summed E-state index contributed by atoms with van der Waals surface area (Å²) in [5.41, 5.74) is 3.93. The van der Waals surface area contributed by atoms with Crippen molar-refractivity contribution in [2.45, 2.75) is 44.8 Å². The molecule has 0 atom stereocenters. The molecule has 3 N–H and O–H groups in total. The van der Waals surface area contributed by atoms with Gasteiger partial charge in [0.1, 0.15) is 17.1 Å². The molecule has 0 radical (unpaired) electrons. The molecular weight excluding hydrogens is 395 g/mol. The van der Waals surface area contributed by atoms with Crippen LogP contribution in [0.25, 0.3) is 0 Å². The summed E-state index contributed by atoms with van der Waals surface area (Å²) in [6, 6.07) is 1.72. The average molecular weight is 413 g/mol. The molecule has 6 nitrogen and oxygen atoms in total. The minimum atomic E-state index is -4.80. The predicted octanol–water partition coefficient (Wildman–Crippen LogP) is 2.94. The van der Waals surface area contributed by atoms with E-state index in [2.05, 4.69) is 5.32 Å². The summed E-state index contributed by atoms with van der Waals surface area (Å²) in [7, 11) is 0. The zero-order chi connectivity index (χ0) is 20.5. The van der Waals surface area contributed by atoms with Gasteiger partial charge in [-0.3, -0.25) is 14.4 Å². The number of primary amides is 1. The van der Waals surface area contributed by atoms with E-state index in [0.29, 0.717) is 17.1 Å². The number of hydrogen-bond acceptors (Lipinski definition) is 4. The number of alkyl halides is 3. The fraction of sp³-hybridized carbons (Fsp3) is 0.389. The van der Waals surface area contributed by atoms with Gasteiger partial charge in [0, 0.05) is 11.1 Å². The number of carbonyl (C=O) groups excluding carboxylic acids is 2. The minimum Gasteiger partial charge on any atom is -0.365 e. The van der Waals surface area contributed by atoms with Gasteiger partial charge in [-0.2, -0.15) is 13.2 Å². The number of anilines is 1. The van der Waals surface area contributed by atoms with Gasteiger partial charge in [-0.05, 0) is 43.4 Å². The Morgan fingerprint density at radius 1 is 1.21 bits per heavy atom. The summed E-state index contributed by atoms with van der Waals surface area (Å²) < 4.78 is 39.2. The van der Waals surface area contributed by atoms with Crippen LogP contribution in [0.1, 0.15) is 45.6 Å². The predicted molar refractivity (Wildman–Crippen MR) is 98.4 cm³/mol. The first-order valence-electron chi connectivity index (χ1n) is 8.69. The van der Waals surface area contributed by atoms with Gasteiger partial charge in [0.05, 0.1) is 5.56 Å². The van der Waals surface area contributed by atoms with Crippen LogP contribution in [-0.4, -0.2) is 16.4 Å². The van der Waals surface area contributed by atoms with Crippen LogP contribution in [0.5, 0.6) is 0 Å². The summed E-state index contributed by atoms with van der Waals surface area (Å²) in [6.45, 7) is -0.608. The number of rotatable bonds is 4. The van der Waals surface area contributed by atoms with Gasteiger partial charge < -0.3 is 15.6 Å². The molecule has 2 aromatic rings. The maximum absolute atomic E-state index is 12.9. The maximum atomic E-state index is 12.9. The van der Waals surface area contributed by atoms with Crippen LogP contribution in [0.3, 0.4) is 0 Å². The van der Waals surface area contributed by atoms with E-state index < -0.39 is 35.7 Å². The zero-order valence-electron chi connectivity index (χ0n) is 14.8. The van der Waals surface area contributed by atoms with E-state index in [9.17, 15) is 27.6 Å². The number of aromatic nitrogens is 1. The van der Waals surface area contributed by atoms with Gasteiger partial charge in [0.15, 0.2) is 0 Å². The highest BCUT2D eigenvalue weighted by Crippen LogP contribution is 2.37. The van der Waals surface area contributed by atoms with E-state index in [1.54, 1.807) is 0 Å². The van der Waals surface area contributed by atoms with Crippen LogP contribution in [0.2, 0.25) is 0 Å². The van der Waals surface area contributed by atoms with Crippen molar-refractivity contribution < 1.29 is 22.8 Å². The van der Waals surface area contributed by atoms with Crippen LogP contribution < -0.4 is 16.6 Å². The van der Waals surface area contributed by atoms with E-state index in [1.807, 2.05) is 0 Å². The Balaban J connectivity index is 1.85. The number of hydrogen-bond donors (Lipinski definition) is 2. The molecule has 2 amide bonds. The number of fused-ring (bicyclic) bond motifs is 1. The molecule has 0 spiro atoms. The van der Waals surface area contributed by atoms with Gasteiger partial charge in [-0.15, -0.1) is 11.3 Å². The molecule has 3 rings (SSSR count). The summed E-state index contributed by atoms with van der Waals surface area (Å²) in [5.74, 6) is -1.37. The monoisotopic (exact) mass is 413 g/mol. The number of aryl methyl sites for hydroxylation is 1. The third kappa shape index (κ3) is 4.11. The number of carbonyl (C=O) groups is 2. The smallest absolute Gasteiger partial charge is 0.365 e. The van der Waals surface area contributed by atoms with Gasteiger partial charge in [-0.1, -0.05) is 6.42 Å². The van der Waals surface area contributed by atoms with E-state index in [-0.39, 0.29) is 10.6 Å². The van der Waals surface area contributed by atoms with Crippen molar-refractivity contribution in [1.29, 1.82) is 0 Å². The number of halogens is 3. The first-order chi connectivity index (χ1) is 13.2. The lowest BCUT2D eigenvalue weighted by atomic mass is 10.1. The van der Waals surface area contributed by atoms with Crippen LogP contribution in [0, 0.1) is 0 Å². The van der Waals surface area contributed by atoms with Gasteiger partial charge >= 0.3 is 6.18 Å². The molecule has 28 heavy (non-hydrogen) atoms. The second-order valence-corrected chi connectivity index (χ2v) is 7.64. The lowest BCUT2D eigenvalue weighted by Crippen LogP contribution is -2.32. The van der Waals surface area contributed by atoms with Crippen molar-refractivity contribution in [2.75, 3.05) is 5.32 Å². The first kappa shape index (κ1) is 20.1. The Kier molecular flexibility index (Phi) is 5.59. The Bertz CT molecular complexity index is 979. The number of amides is 2. The third-order valence-electron chi connectivity index (χ3n) is 4.56. The van der Waals surface area contributed by atoms with Crippen molar-refractivity contribution in [3.05, 3.63) is 50.3 Å². The molecule has 2 heterocycles. The molecule has 0 unspecified atom stereocenters. The summed E-state index contributed by atoms with van der Waals surface area (Å²) in [5, 5.41) is 2.82. The van der Waals surface area contributed by atoms with E-state index in [0.717, 1.165) is 48.4 Å². The lowest BCUT2D eigenvalue weighted by Gasteiger charge is -2.11. The van der Waals surface area contributed by atoms with Gasteiger partial charge in [0.25, 0.3) is 11.5 Å². The van der Waals surface area contributed by atoms with Crippen molar-refractivity contribution in [2.24, 2.45) is 5.73 Å². The SMILES string of the molecule is NC(=O)c1c(NC(=O)Cn2cccc(C(F)(F)F)c2=O)sc2c1CCCCC2. The molecule has 0 saturated heterocycles. The quantitative estimate of drug-likeness (QED) is 0.755. The topological polar surface area (TPSA) is 94.2 Å². The summed E-state index contributed by atoms with van der Waals surface area (Å²) in [6.07, 6.45) is 0.697. The van der Waals surface area contributed by atoms with E-state index in [1.165, 1.54) is 11.3 Å². The largest absolute Gasteiger partial charge is 0.421 e. The zero-order valence-corrected chi connectivity index (χ0v) is 15.6. The molecule has 150 valence electrons. The number of pyridine rings is 1. The summed E-state index contributed by atoms with van der Waals surface area (Å²) in [4.78, 5) is 37.2. The van der Waals surface area contributed by atoms with Crippen LogP contribution in [-0.2, 0) is 30.4 Å². The normalized spacial score (nSPS) is 14.2. The first-order valence-corrected chi connectivity index (χ1v) is 9.51. The molecule has 0 saturated carbocycles. The fourth-order valence-electron chi connectivity index (χ4n) is 3.29. The van der Waals surface area contributed by atoms with E-state index >= 15 is 0 Å². The van der Waals surface area contributed by atoms with Gasteiger partial charge in [-0.25, -0.2) is 0 Å². The molecule has 1 aliphatic carbocycles. The molecule has 2 aromatic heterocycles. The highest BCUT2D eigenvalue weighted by molar-refractivity contribution is 7.17. The van der Waals surface area contributed by atoms with Crippen molar-refractivity contribution in [1.82, 2.24) is 4.57 Å². The Morgan fingerprint density at radius 2 is 1.93 bits per heavy atom. The Morgan fingerprint density at radius 3 is 2.61 bits per heavy atom. The van der Waals surface area contributed by atoms with Crippen LogP contribution in [0.4, 0.5) is 18.2 Å². The maximum Gasteiger partial charge on any atom is 0.421 e. The van der Waals surface area contributed by atoms with Gasteiger partial charge in [0.2, 0.25) is 5.91 Å². The number of nitrogens with two attached hydrogens (primary N) is 1. The van der Waals surface area contributed by atoms with Crippen molar-refractivity contribution >= 4 is 28.2 Å². The van der Waals surface area contributed by atoms with Crippen molar-refractivity contribution in [3.8, 4) is 0 Å². The molecule has 0 bridgehead atoms. The second-order valence-electron chi connectivity index (χ2n) is 6.53. The van der Waals surface area contributed by atoms with Crippen molar-refractivity contribution in [3.63, 3.8) is 0 Å². The standard InChI is InChI=1S/C18H18F3N3O3S/c19-18(20,21)11-6-4-8-24(17(11)27)9-13(25)23-16-14(15(22)26)10-5-2-1-3-7-12(10)28-16/h4,6,8H,1-3,5,7,9H2,(H2,22,26)(H,23,25). The molecule has 0 fully saturated rings. The lowest BCUT2D eigenvalue weighted by molar-refractivity contribution is -0.139. The molecule has 0 aliphatic heterocycles.